The number of aliphatic carboxylic acids is 2. The van der Waals surface area contributed by atoms with Crippen LogP contribution in [0.3, 0.4) is 0 Å². The first-order valence-electron chi connectivity index (χ1n) is 48.3. The number of amides is 8. The molecule has 33 nitrogen and oxygen atoms in total. The standard InChI is InChI=1S/C31H51N3O6.C22H36N2O5.2C14H25NO4.C13H21NO4.2C3HCl2F3O/c1-9-12-13-14-15-16-24(32-29(38)40-30(6,7)8)27(36)34-20-22(17-21(4)5)18-25(34)26(35)33-31(19-23(31)10-2)28(37)39-11-3;1-8-16-12-22(16,19(26)28-9-2)23-18(25)17-11-15(10-14(3)4)13-24(17)20(27)29-21(5,6)7;1-9(2)6-10-7-11(12(16)17)15(8-10)13(18)19-14(3,4)5;1-5-6-7-8-9-10-11(12(16)17)15-13(18)19-14(2,3)4;1-6-9-8-13(9,10(15)17-7-2)14-11(16)18-12(3,4)5;2*4-2(5)1(9)3(6,7)8/h9-10,21-25H,1-2,11-20H2,3-8H3,(H,32,38)(H,33,35);8,14-17H,1,9-13H2,2-7H3,(H,23,25);9-11H,6-8H2,1-5H3,(H,16,17);5,11H,1,6-10H2,2-4H3,(H,15,18)(H,16,17);6,9H,1,7-8H2,2-5H3,(H,14,16);2*2H/t22-,23-,24+,25+,31-;15-,16?,17+,22-;10-,11+;11-;9?,13-;;/m11101../s1. The van der Waals surface area contributed by atoms with Crippen molar-refractivity contribution in [3.8, 4) is 0 Å². The maximum atomic E-state index is 14.0. The first-order valence-corrected chi connectivity index (χ1v) is 50.1. The number of ketones is 2. The van der Waals surface area contributed by atoms with Crippen LogP contribution in [0.2, 0.25) is 0 Å². The fraction of sp³-hybridized carbons (Fsp3) is 0.750. The molecule has 7 N–H and O–H groups in total. The number of unbranched alkanes of at least 4 members (excludes halogenated alkanes) is 6. The zero-order chi connectivity index (χ0) is 111. The second kappa shape index (κ2) is 60.2. The number of alkyl carbamates (subject to hydrolysis) is 3. The topological polar surface area (TPSA) is 440 Å². The predicted octanol–water partition coefficient (Wildman–Crippen LogP) is 19.9. The molecule has 8 amide bonds. The van der Waals surface area contributed by atoms with Crippen LogP contribution >= 0.6 is 46.4 Å². The summed E-state index contributed by atoms with van der Waals surface area (Å²) in [6, 6.07) is -3.88. The van der Waals surface area contributed by atoms with Crippen LogP contribution in [0.5, 0.6) is 0 Å². The van der Waals surface area contributed by atoms with Gasteiger partial charge >= 0.3 is 72.7 Å². The van der Waals surface area contributed by atoms with Crippen molar-refractivity contribution in [2.24, 2.45) is 53.3 Å². The Balaban J connectivity index is 0.00000174. The van der Waals surface area contributed by atoms with Crippen molar-refractivity contribution in [2.75, 3.05) is 39.5 Å². The molecule has 0 spiro atoms. The lowest BCUT2D eigenvalue weighted by atomic mass is 9.94. The summed E-state index contributed by atoms with van der Waals surface area (Å²) < 4.78 is 109. The van der Waals surface area contributed by atoms with E-state index in [4.69, 9.17) is 43.0 Å². The lowest BCUT2D eigenvalue weighted by molar-refractivity contribution is -0.169. The van der Waals surface area contributed by atoms with E-state index in [-0.39, 0.29) is 73.0 Å². The average Bonchev–Trinajstić information content (AvgIpc) is 1.59. The van der Waals surface area contributed by atoms with Gasteiger partial charge in [-0.3, -0.25) is 33.8 Å². The third-order valence-corrected chi connectivity index (χ3v) is 22.8. The number of halogens is 10. The molecule has 6 rings (SSSR count). The van der Waals surface area contributed by atoms with Crippen LogP contribution in [0, 0.1) is 53.3 Å². The molecule has 143 heavy (non-hydrogen) atoms. The van der Waals surface area contributed by atoms with Crippen molar-refractivity contribution in [1.29, 1.82) is 0 Å². The fourth-order valence-electron chi connectivity index (χ4n) is 15.7. The number of allylic oxidation sites excluding steroid dienone is 2. The molecule has 2 unspecified atom stereocenters. The largest absolute Gasteiger partial charge is 0.480 e. The number of nitrogens with zero attached hydrogens (tertiary/aromatic N) is 3. The summed E-state index contributed by atoms with van der Waals surface area (Å²) >= 11 is 18.4. The number of carboxylic acid groups (broad SMARTS) is 2. The van der Waals surface area contributed by atoms with Crippen molar-refractivity contribution in [2.45, 2.75) is 385 Å². The van der Waals surface area contributed by atoms with E-state index in [0.29, 0.717) is 88.8 Å². The number of carbonyl (C=O) groups excluding carboxylic acids is 13. The van der Waals surface area contributed by atoms with Gasteiger partial charge in [0.05, 0.1) is 19.8 Å². The molecular weight excluding hydrogens is 1970 g/mol. The molecule has 6 aliphatic rings. The molecule has 3 saturated heterocycles. The second-order valence-corrected chi connectivity index (χ2v) is 44.3. The summed E-state index contributed by atoms with van der Waals surface area (Å²) in [5.74, 6) is -7.15. The number of Topliss-reactive ketones (excluding diaryl/α,β-unsaturated/α-hetero) is 2. The number of carboxylic acids is 2. The first-order chi connectivity index (χ1) is 65.5. The number of hydrogen-bond acceptors (Lipinski definition) is 23. The van der Waals surface area contributed by atoms with Crippen LogP contribution in [0.1, 0.15) is 288 Å². The fourth-order valence-corrected chi connectivity index (χ4v) is 16.2. The van der Waals surface area contributed by atoms with Crippen molar-refractivity contribution in [3.63, 3.8) is 0 Å². The van der Waals surface area contributed by atoms with Crippen molar-refractivity contribution < 1.29 is 146 Å². The molecule has 3 heterocycles. The molecule has 0 radical (unpaired) electrons. The van der Waals surface area contributed by atoms with Gasteiger partial charge in [-0.1, -0.05) is 144 Å². The molecule has 6 fully saturated rings. The number of alkyl halides is 10. The Kier molecular flexibility index (Phi) is 56.4. The van der Waals surface area contributed by atoms with E-state index in [1.165, 1.54) is 9.80 Å². The molecule has 3 aliphatic heterocycles. The monoisotopic (exact) mass is 2130 g/mol. The molecule has 3 saturated carbocycles. The van der Waals surface area contributed by atoms with Crippen molar-refractivity contribution in [3.05, 3.63) is 63.3 Å². The zero-order valence-electron chi connectivity index (χ0n) is 87.7. The summed E-state index contributed by atoms with van der Waals surface area (Å²) in [6.45, 7) is 65.1. The first kappa shape index (κ1) is 134. The molecule has 0 bridgehead atoms. The normalized spacial score (nSPS) is 22.4. The van der Waals surface area contributed by atoms with Crippen LogP contribution in [0.4, 0.5) is 50.3 Å². The van der Waals surface area contributed by atoms with Gasteiger partial charge in [-0.25, -0.2) is 47.9 Å². The minimum Gasteiger partial charge on any atom is -0.480 e. The number of hydrogen-bond donors (Lipinski definition) is 7. The maximum Gasteiger partial charge on any atom is 0.452 e. The minimum atomic E-state index is -4.92. The van der Waals surface area contributed by atoms with Crippen LogP contribution in [0.15, 0.2) is 63.3 Å². The maximum absolute atomic E-state index is 14.0. The summed E-state index contributed by atoms with van der Waals surface area (Å²) in [5, 5.41) is 31.8. The van der Waals surface area contributed by atoms with E-state index in [1.54, 1.807) is 148 Å². The Morgan fingerprint density at radius 3 is 0.937 bits per heavy atom. The Morgan fingerprint density at radius 2 is 0.678 bits per heavy atom. The highest BCUT2D eigenvalue weighted by molar-refractivity contribution is 6.54. The molecule has 820 valence electrons. The predicted molar refractivity (Wildman–Crippen MR) is 532 cm³/mol. The summed E-state index contributed by atoms with van der Waals surface area (Å²) in [4.78, 5) is 181. The van der Waals surface area contributed by atoms with E-state index in [0.717, 1.165) is 70.6 Å². The Hall–Kier alpha value is -9.11. The van der Waals surface area contributed by atoms with Gasteiger partial charge < -0.3 is 79.6 Å². The average molecular weight is 2130 g/mol. The van der Waals surface area contributed by atoms with Gasteiger partial charge in [0.15, 0.2) is 9.67 Å². The van der Waals surface area contributed by atoms with Crippen LogP contribution in [-0.4, -0.2) is 251 Å². The highest BCUT2D eigenvalue weighted by atomic mass is 35.5. The summed E-state index contributed by atoms with van der Waals surface area (Å²) in [5.41, 5.74) is -6.38. The quantitative estimate of drug-likeness (QED) is 0.00750. The molecule has 3 aliphatic carbocycles. The van der Waals surface area contributed by atoms with Gasteiger partial charge in [-0.15, -0.1) is 32.9 Å². The third kappa shape index (κ3) is 50.2. The molecule has 0 aromatic heterocycles. The summed E-state index contributed by atoms with van der Waals surface area (Å²) in [6.07, 6.45) is 9.40. The Labute approximate surface area is 860 Å². The van der Waals surface area contributed by atoms with Crippen LogP contribution < -0.4 is 26.6 Å². The highest BCUT2D eigenvalue weighted by Crippen LogP contribution is 2.49. The molecule has 0 aromatic carbocycles. The van der Waals surface area contributed by atoms with E-state index in [1.807, 2.05) is 12.2 Å². The van der Waals surface area contributed by atoms with E-state index in [9.17, 15) is 103 Å². The molecule has 0 aromatic rings. The number of likely N-dealkylation sites (tertiary alicyclic amines) is 3. The summed E-state index contributed by atoms with van der Waals surface area (Å²) in [7, 11) is 0. The molecule has 43 heteroatoms. The SMILES string of the molecule is C=CC1C[C@]1(NC(=O)OC(C)(C)C)C(=O)OCC.C=CC1C[C@]1(NC(=O)[C@@H]1C[C@@H](CC(C)C)CN1C(=O)OC(C)(C)C)C(=O)OCC.C=CCCCCC[C@H](NC(=O)OC(C)(C)C)C(=O)N1C[C@H](CC(C)C)C[C@H]1C(=O)N[C@]1(C(=O)OCC)C[C@H]1C=C.C=CCCCCC[C@H](NC(=O)OC(C)(C)C)C(=O)O.CC(C)C[C@@H]1C[C@@H](C(=O)O)N(C(=O)OC(C)(C)C)C1.O=C(C(Cl)Cl)C(F)(F)F.O=C(C(Cl)Cl)C(F)(F)F. The van der Waals surface area contributed by atoms with E-state index in [2.05, 4.69) is 147 Å². The number of carbonyl (C=O) groups is 15. The lowest BCUT2D eigenvalue weighted by Gasteiger charge is -2.30. The van der Waals surface area contributed by atoms with Gasteiger partial charge in [0.25, 0.3) is 11.6 Å². The van der Waals surface area contributed by atoms with Gasteiger partial charge in [-0.05, 0) is 256 Å². The number of esters is 3. The van der Waals surface area contributed by atoms with Crippen molar-refractivity contribution in [1.82, 2.24) is 41.3 Å². The number of nitrogens with one attached hydrogen (secondary N) is 5. The molecule has 14 atom stereocenters. The van der Waals surface area contributed by atoms with Gasteiger partial charge in [0.2, 0.25) is 17.7 Å². The van der Waals surface area contributed by atoms with E-state index >= 15 is 0 Å². The number of rotatable bonds is 39. The lowest BCUT2D eigenvalue weighted by Crippen LogP contribution is -2.56. The molecular formula is C100H160Cl4F6N8O25. The number of ether oxygens (including phenoxy) is 8. The van der Waals surface area contributed by atoms with Gasteiger partial charge in [0, 0.05) is 37.4 Å². The second-order valence-electron chi connectivity index (χ2n) is 42.1. The Bertz CT molecular complexity index is 4190. The van der Waals surface area contributed by atoms with Crippen LogP contribution in [-0.2, 0) is 85.8 Å². The minimum absolute atomic E-state index is 0.0935. The van der Waals surface area contributed by atoms with Crippen LogP contribution in [0.25, 0.3) is 0 Å². The smallest absolute Gasteiger partial charge is 0.452 e. The highest BCUT2D eigenvalue weighted by Gasteiger charge is 2.65. The van der Waals surface area contributed by atoms with Gasteiger partial charge in [0.1, 0.15) is 74.8 Å². The van der Waals surface area contributed by atoms with Gasteiger partial charge in [-0.2, -0.15) is 26.3 Å². The Morgan fingerprint density at radius 1 is 0.399 bits per heavy atom. The van der Waals surface area contributed by atoms with E-state index < -0.39 is 169 Å². The zero-order valence-corrected chi connectivity index (χ0v) is 90.8. The van der Waals surface area contributed by atoms with Crippen molar-refractivity contribution >= 4 is 136 Å². The third-order valence-electron chi connectivity index (χ3n) is 22.0.